The molecule has 0 radical (unpaired) electrons. The van der Waals surface area contributed by atoms with Gasteiger partial charge in [-0.15, -0.1) is 0 Å². The number of H-pyrrole nitrogens is 3. The first-order valence-electron chi connectivity index (χ1n) is 35.1. The molecular formula is C67H99N23O18S2. The number of benzene rings is 1. The highest BCUT2D eigenvalue weighted by molar-refractivity contribution is 8.76. The monoisotopic (exact) mass is 1580 g/mol. The van der Waals surface area contributed by atoms with Gasteiger partial charge in [-0.3, -0.25) is 82.1 Å². The van der Waals surface area contributed by atoms with E-state index >= 15 is 0 Å². The Bertz CT molecular complexity index is 3910. The summed E-state index contributed by atoms with van der Waals surface area (Å²) in [5.41, 5.74) is 18.2. The van der Waals surface area contributed by atoms with E-state index in [1.807, 2.05) is 0 Å². The lowest BCUT2D eigenvalue weighted by Gasteiger charge is -2.30. The van der Waals surface area contributed by atoms with Crippen molar-refractivity contribution in [3.05, 3.63) is 72.5 Å². The smallest absolute Gasteiger partial charge is 0.305 e. The summed E-state index contributed by atoms with van der Waals surface area (Å²) in [4.78, 5) is 241. The number of nitrogens with zero attached hydrogens (tertiary/aromatic N) is 2. The molecule has 3 aromatic heterocycles. The van der Waals surface area contributed by atoms with E-state index in [1.54, 1.807) is 38.1 Å². The molecule has 4 heterocycles. The highest BCUT2D eigenvalue weighted by Gasteiger charge is 2.40. The standard InChI is InChI=1S/C67H99N23O18S2/c1-9-32(6)53(79-34(8)92)66(108)87-47-27-110-109-26-46(63(105)90-54(33(7)91)55(69)97)86-57(99)40(15-12-16-74-67(70)71)81-59(101)43(19-37-24-73-29-78-37)83-58(100)42(18-36-23-72-28-77-36)80-49(94)25-76-56(98)41(17-35-22-75-39-14-11-10-13-38(35)39)82-61(103)45(21-50(95)96)84-60(102)44(20-48(68)93)85-64(106)51(30(2)3)89-65(107)52(31(4)5)88-62(47)104/h10-11,13-14,22-24,28-33,40-47,51-54,75,91H,9,12,15-21,25-27H2,1-8H3,(H2,68,93)(H2,69,97)(H,72,77)(H,73,78)(H,76,98)(H,79,92)(H,80,94)(H,81,101)(H,82,103)(H,83,100)(H,84,102)(H,85,106)(H,86,99)(H,87,108)(H,88,104)(H,89,107)(H,90,105)(H,95,96)(H4,70,71,74)/t32-,33+,40-,41-,42-,43-,44-,45-,46-,47-,51-,52-,53-,54-/m0/s1. The Balaban J connectivity index is 1.67. The van der Waals surface area contributed by atoms with Crippen LogP contribution >= 0.6 is 21.6 Å². The molecule has 1 aromatic carbocycles. The summed E-state index contributed by atoms with van der Waals surface area (Å²) in [6, 6.07) is -13.4. The normalized spacial score (nSPS) is 23.0. The van der Waals surface area contributed by atoms with Crippen LogP contribution in [0.1, 0.15) is 104 Å². The van der Waals surface area contributed by atoms with E-state index in [1.165, 1.54) is 65.9 Å². The molecule has 0 spiro atoms. The molecule has 4 aromatic rings. The minimum atomic E-state index is -2.09. The number of carbonyl (C=O) groups excluding carboxylic acids is 15. The molecule has 43 heteroatoms. The molecule has 1 saturated heterocycles. The number of hydrogen-bond donors (Lipinski definition) is 23. The maximum absolute atomic E-state index is 14.9. The van der Waals surface area contributed by atoms with Crippen molar-refractivity contribution in [3.63, 3.8) is 0 Å². The van der Waals surface area contributed by atoms with E-state index in [2.05, 4.69) is 99.4 Å². The third-order valence-electron chi connectivity index (χ3n) is 17.3. The van der Waals surface area contributed by atoms with Gasteiger partial charge in [0.05, 0.1) is 38.1 Å². The Morgan fingerprint density at radius 2 is 1.13 bits per heavy atom. The number of imidazole rings is 2. The van der Waals surface area contributed by atoms with Crippen molar-refractivity contribution >= 4 is 133 Å². The summed E-state index contributed by atoms with van der Waals surface area (Å²) in [6.45, 7) is 10.7. The average Bonchev–Trinajstić information content (AvgIpc) is 1.57. The Kier molecular flexibility index (Phi) is 35.4. The van der Waals surface area contributed by atoms with Crippen molar-refractivity contribution in [3.8, 4) is 0 Å². The predicted octanol–water partition coefficient (Wildman–Crippen LogP) is -6.17. The van der Waals surface area contributed by atoms with Crippen LogP contribution in [0.2, 0.25) is 0 Å². The van der Waals surface area contributed by atoms with E-state index in [0.29, 0.717) is 22.9 Å². The van der Waals surface area contributed by atoms with Gasteiger partial charge in [-0.05, 0) is 49.1 Å². The molecule has 1 aliphatic rings. The van der Waals surface area contributed by atoms with E-state index < -0.39 is 228 Å². The molecule has 5 rings (SSSR count). The van der Waals surface area contributed by atoms with Gasteiger partial charge >= 0.3 is 5.97 Å². The van der Waals surface area contributed by atoms with Gasteiger partial charge in [-0.1, -0.05) is 87.8 Å². The molecule has 0 bridgehead atoms. The number of rotatable bonds is 25. The van der Waals surface area contributed by atoms with Crippen molar-refractivity contribution in [1.29, 1.82) is 5.41 Å². The first kappa shape index (κ1) is 89.3. The van der Waals surface area contributed by atoms with Gasteiger partial charge in [0.1, 0.15) is 72.5 Å². The van der Waals surface area contributed by atoms with Crippen molar-refractivity contribution < 1.29 is 86.9 Å². The number of aliphatic carboxylic acids is 1. The van der Waals surface area contributed by atoms with Crippen LogP contribution in [0.3, 0.4) is 0 Å². The van der Waals surface area contributed by atoms with Gasteiger partial charge in [-0.2, -0.15) is 0 Å². The van der Waals surface area contributed by atoms with Crippen molar-refractivity contribution in [2.24, 2.45) is 35.0 Å². The van der Waals surface area contributed by atoms with Gasteiger partial charge in [0.15, 0.2) is 5.96 Å². The van der Waals surface area contributed by atoms with Crippen LogP contribution in [-0.4, -0.2) is 239 Å². The van der Waals surface area contributed by atoms with Crippen molar-refractivity contribution in [2.75, 3.05) is 24.6 Å². The second kappa shape index (κ2) is 43.6. The summed E-state index contributed by atoms with van der Waals surface area (Å²) in [6.07, 6.45) is 1.92. The van der Waals surface area contributed by atoms with Crippen LogP contribution in [0, 0.1) is 23.2 Å². The summed E-state index contributed by atoms with van der Waals surface area (Å²) in [5.74, 6) is -21.3. The second-order valence-corrected chi connectivity index (χ2v) is 29.4. The summed E-state index contributed by atoms with van der Waals surface area (Å²) < 4.78 is 0. The Hall–Kier alpha value is -11.4. The number of carboxylic acid groups (broad SMARTS) is 1. The summed E-state index contributed by atoms with van der Waals surface area (Å²) >= 11 is 0. The highest BCUT2D eigenvalue weighted by Crippen LogP contribution is 2.25. The van der Waals surface area contributed by atoms with Crippen LogP contribution in [0.15, 0.2) is 55.5 Å². The van der Waals surface area contributed by atoms with E-state index in [0.717, 1.165) is 28.5 Å². The number of carboxylic acids is 1. The van der Waals surface area contributed by atoms with Crippen LogP contribution in [0.5, 0.6) is 0 Å². The Morgan fingerprint density at radius 3 is 1.66 bits per heavy atom. The van der Waals surface area contributed by atoms with Crippen molar-refractivity contribution in [1.82, 2.24) is 99.4 Å². The largest absolute Gasteiger partial charge is 0.481 e. The fourth-order valence-electron chi connectivity index (χ4n) is 11.2. The number of para-hydroxylation sites is 1. The maximum Gasteiger partial charge on any atom is 0.305 e. The van der Waals surface area contributed by atoms with Crippen LogP contribution in [-0.2, 0) is 96.0 Å². The van der Waals surface area contributed by atoms with Crippen LogP contribution in [0.25, 0.3) is 10.9 Å². The summed E-state index contributed by atoms with van der Waals surface area (Å²) in [7, 11) is 1.63. The molecule has 0 unspecified atom stereocenters. The quantitative estimate of drug-likeness (QED) is 0.0127. The lowest BCUT2D eigenvalue weighted by atomic mass is 9.97. The second-order valence-electron chi connectivity index (χ2n) is 26.9. The Labute approximate surface area is 639 Å². The van der Waals surface area contributed by atoms with Crippen molar-refractivity contribution in [2.45, 2.75) is 185 Å². The average molecular weight is 1580 g/mol. The zero-order valence-electron chi connectivity index (χ0n) is 61.8. The van der Waals surface area contributed by atoms with Gasteiger partial charge in [0.25, 0.3) is 0 Å². The molecule has 41 nitrogen and oxygen atoms in total. The Morgan fingerprint density at radius 1 is 0.609 bits per heavy atom. The molecule has 14 atom stereocenters. The fourth-order valence-corrected chi connectivity index (χ4v) is 13.5. The van der Waals surface area contributed by atoms with Gasteiger partial charge in [0, 0.05) is 85.1 Å². The number of primary amides is 2. The van der Waals surface area contributed by atoms with Gasteiger partial charge in [0.2, 0.25) is 88.6 Å². The number of guanidine groups is 1. The zero-order valence-corrected chi connectivity index (χ0v) is 63.4. The number of nitrogens with one attached hydrogen (secondary N) is 18. The molecule has 15 amide bonds. The topological polar surface area (TPSA) is 657 Å². The molecule has 0 saturated carbocycles. The molecule has 110 heavy (non-hydrogen) atoms. The molecular weight excluding hydrogens is 1480 g/mol. The third-order valence-corrected chi connectivity index (χ3v) is 19.7. The predicted molar refractivity (Wildman–Crippen MR) is 399 cm³/mol. The lowest BCUT2D eigenvalue weighted by molar-refractivity contribution is -0.142. The lowest BCUT2D eigenvalue weighted by Crippen LogP contribution is -2.62. The third kappa shape index (κ3) is 28.6. The SMILES string of the molecule is CC[C@H](C)[C@H](NC(C)=O)C(=O)N[C@H]1CSSC[C@@H](C(=O)N[C@H](C(N)=O)[C@@H](C)O)NC(=O)[C@H](CCCNC(=N)N)NC(=O)[C@H](Cc2cnc[nH]2)NC(=O)[C@H](Cc2cnc[nH]2)NC(=O)CNC(=O)[C@H](Cc2c[nH]c3ccccc23)NC(=O)[C@H](CC(=O)O)NC(=O)[C@H](CC(N)=O)NC(=O)[C@H](C(C)C)NC(=O)[C@H](C(C)C)NC1=O. The number of amides is 15. The number of hydrogen-bond acceptors (Lipinski definition) is 22. The van der Waals surface area contributed by atoms with Gasteiger partial charge in [-0.25, -0.2) is 9.97 Å². The molecule has 1 aliphatic heterocycles. The molecule has 1 fully saturated rings. The molecule has 602 valence electrons. The first-order chi connectivity index (χ1) is 52.0. The minimum Gasteiger partial charge on any atom is -0.481 e. The highest BCUT2D eigenvalue weighted by atomic mass is 33.1. The number of nitrogens with two attached hydrogens (primary N) is 3. The number of carbonyl (C=O) groups is 16. The number of aliphatic hydroxyl groups excluding tert-OH is 1. The maximum atomic E-state index is 14.9. The fraction of sp³-hybridized carbons (Fsp3) is 0.537. The van der Waals surface area contributed by atoms with E-state index in [4.69, 9.17) is 22.6 Å². The number of aliphatic hydroxyl groups is 1. The molecule has 26 N–H and O–H groups in total. The summed E-state index contributed by atoms with van der Waals surface area (Å²) in [5, 5.41) is 63.9. The number of fused-ring (bicyclic) bond motifs is 1. The van der Waals surface area contributed by atoms with Crippen LogP contribution < -0.4 is 91.6 Å². The first-order valence-corrected chi connectivity index (χ1v) is 37.6. The number of aromatic amines is 3. The zero-order chi connectivity index (χ0) is 81.6. The number of aromatic nitrogens is 5. The van der Waals surface area contributed by atoms with E-state index in [-0.39, 0.29) is 50.0 Å². The minimum absolute atomic E-state index is 0.0159. The van der Waals surface area contributed by atoms with E-state index in [9.17, 15) is 86.9 Å². The van der Waals surface area contributed by atoms with Gasteiger partial charge < -0.3 is 117 Å². The van der Waals surface area contributed by atoms with Crippen LogP contribution in [0.4, 0.5) is 0 Å². The molecule has 0 aliphatic carbocycles.